The Morgan fingerprint density at radius 2 is 1.69 bits per heavy atom. The smallest absolute Gasteiger partial charge is 0.133 e. The van der Waals surface area contributed by atoms with Crippen LogP contribution in [0.2, 0.25) is 0 Å². The molecule has 0 aliphatic heterocycles. The molecule has 1 N–H and O–H groups in total. The van der Waals surface area contributed by atoms with Crippen LogP contribution < -0.4 is 4.74 Å². The van der Waals surface area contributed by atoms with Crippen molar-refractivity contribution >= 4 is 0 Å². The van der Waals surface area contributed by atoms with Crippen molar-refractivity contribution in [3.63, 3.8) is 0 Å². The van der Waals surface area contributed by atoms with Gasteiger partial charge in [0.2, 0.25) is 0 Å². The van der Waals surface area contributed by atoms with Crippen LogP contribution in [0.15, 0.2) is 42.5 Å². The number of phenolic OH excluding ortho intramolecular Hbond substituents is 1. The highest BCUT2D eigenvalue weighted by molar-refractivity contribution is 5.73. The Morgan fingerprint density at radius 1 is 1.00 bits per heavy atom. The van der Waals surface area contributed by atoms with Gasteiger partial charge in [0, 0.05) is 11.1 Å². The highest BCUT2D eigenvalue weighted by atomic mass is 16.5. The molecule has 2 heteroatoms. The van der Waals surface area contributed by atoms with Crippen LogP contribution in [0, 0.1) is 6.92 Å². The molecule has 2 nitrogen and oxygen atoms in total. The highest BCUT2D eigenvalue weighted by Gasteiger charge is 2.10. The second kappa shape index (κ2) is 4.27. The summed E-state index contributed by atoms with van der Waals surface area (Å²) in [6.07, 6.45) is 0. The molecule has 82 valence electrons. The molecule has 0 atom stereocenters. The van der Waals surface area contributed by atoms with E-state index in [1.807, 2.05) is 43.3 Å². The summed E-state index contributed by atoms with van der Waals surface area (Å²) in [5.41, 5.74) is 2.85. The van der Waals surface area contributed by atoms with Gasteiger partial charge in [0.05, 0.1) is 7.11 Å². The van der Waals surface area contributed by atoms with Gasteiger partial charge in [-0.2, -0.15) is 0 Å². The lowest BCUT2D eigenvalue weighted by atomic mass is 10.0. The van der Waals surface area contributed by atoms with Crippen molar-refractivity contribution in [3.05, 3.63) is 48.0 Å². The lowest BCUT2D eigenvalue weighted by Crippen LogP contribution is -1.91. The quantitative estimate of drug-likeness (QED) is 0.830. The van der Waals surface area contributed by atoms with E-state index in [2.05, 4.69) is 0 Å². The van der Waals surface area contributed by atoms with E-state index in [1.165, 1.54) is 0 Å². The molecule has 0 saturated carbocycles. The van der Waals surface area contributed by atoms with Crippen molar-refractivity contribution in [2.75, 3.05) is 7.11 Å². The van der Waals surface area contributed by atoms with Crippen LogP contribution in [0.25, 0.3) is 11.1 Å². The number of methoxy groups -OCH3 is 1. The second-order valence-electron chi connectivity index (χ2n) is 3.66. The fourth-order valence-corrected chi connectivity index (χ4v) is 1.79. The molecule has 0 heterocycles. The summed E-state index contributed by atoms with van der Waals surface area (Å²) in [5, 5.41) is 9.62. The summed E-state index contributed by atoms with van der Waals surface area (Å²) >= 11 is 0. The Balaban J connectivity index is 2.62. The Kier molecular flexibility index (Phi) is 2.82. The van der Waals surface area contributed by atoms with Crippen LogP contribution in [0.1, 0.15) is 5.56 Å². The summed E-state index contributed by atoms with van der Waals surface area (Å²) in [6.45, 7) is 1.85. The molecule has 0 saturated heterocycles. The lowest BCUT2D eigenvalue weighted by Gasteiger charge is -2.12. The van der Waals surface area contributed by atoms with Gasteiger partial charge in [-0.25, -0.2) is 0 Å². The zero-order chi connectivity index (χ0) is 11.5. The Bertz CT molecular complexity index is 490. The predicted octanol–water partition coefficient (Wildman–Crippen LogP) is 3.38. The van der Waals surface area contributed by atoms with Crippen molar-refractivity contribution in [2.45, 2.75) is 6.92 Å². The first kappa shape index (κ1) is 10.6. The van der Waals surface area contributed by atoms with Gasteiger partial charge in [-0.1, -0.05) is 30.3 Å². The minimum atomic E-state index is 0.261. The molecule has 0 unspecified atom stereocenters. The first-order valence-corrected chi connectivity index (χ1v) is 5.16. The number of rotatable bonds is 2. The van der Waals surface area contributed by atoms with Crippen molar-refractivity contribution in [1.29, 1.82) is 0 Å². The number of phenols is 1. The van der Waals surface area contributed by atoms with E-state index >= 15 is 0 Å². The van der Waals surface area contributed by atoms with Gasteiger partial charge in [-0.15, -0.1) is 0 Å². The third-order valence-corrected chi connectivity index (χ3v) is 2.67. The summed E-state index contributed by atoms with van der Waals surface area (Å²) < 4.78 is 5.35. The van der Waals surface area contributed by atoms with Gasteiger partial charge in [0.25, 0.3) is 0 Å². The van der Waals surface area contributed by atoms with Gasteiger partial charge >= 0.3 is 0 Å². The first-order chi connectivity index (χ1) is 7.74. The van der Waals surface area contributed by atoms with E-state index in [0.29, 0.717) is 0 Å². The summed E-state index contributed by atoms with van der Waals surface area (Å²) in [4.78, 5) is 0. The molecule has 0 spiro atoms. The molecule has 2 aromatic carbocycles. The molecule has 0 aromatic heterocycles. The summed E-state index contributed by atoms with van der Waals surface area (Å²) in [5.74, 6) is 0.989. The van der Waals surface area contributed by atoms with Crippen LogP contribution in [0.4, 0.5) is 0 Å². The molecular weight excluding hydrogens is 200 g/mol. The fraction of sp³-hybridized carbons (Fsp3) is 0.143. The molecule has 16 heavy (non-hydrogen) atoms. The van der Waals surface area contributed by atoms with Gasteiger partial charge in [-0.3, -0.25) is 0 Å². The molecule has 2 aromatic rings. The number of benzene rings is 2. The van der Waals surface area contributed by atoms with Crippen LogP contribution in [0.3, 0.4) is 0 Å². The molecule has 0 radical (unpaired) electrons. The number of ether oxygens (including phenoxy) is 1. The Morgan fingerprint density at radius 3 is 2.31 bits per heavy atom. The third kappa shape index (κ3) is 1.74. The first-order valence-electron chi connectivity index (χ1n) is 5.16. The molecule has 0 fully saturated rings. The SMILES string of the molecule is COc1c(-c2ccccc2)ccc(O)c1C. The summed E-state index contributed by atoms with van der Waals surface area (Å²) in [6, 6.07) is 13.6. The zero-order valence-electron chi connectivity index (χ0n) is 9.40. The molecule has 0 amide bonds. The molecule has 2 rings (SSSR count). The molecular formula is C14H14O2. The lowest BCUT2D eigenvalue weighted by molar-refractivity contribution is 0.404. The maximum Gasteiger partial charge on any atom is 0.133 e. The second-order valence-corrected chi connectivity index (χ2v) is 3.66. The average molecular weight is 214 g/mol. The van der Waals surface area contributed by atoms with Crippen LogP contribution in [-0.2, 0) is 0 Å². The maximum atomic E-state index is 9.62. The standard InChI is InChI=1S/C14H14O2/c1-10-13(15)9-8-12(14(10)16-2)11-6-4-3-5-7-11/h3-9,15H,1-2H3. The minimum absolute atomic E-state index is 0.261. The zero-order valence-corrected chi connectivity index (χ0v) is 9.40. The summed E-state index contributed by atoms with van der Waals surface area (Å²) in [7, 11) is 1.62. The van der Waals surface area contributed by atoms with Gasteiger partial charge in [0.1, 0.15) is 11.5 Å². The van der Waals surface area contributed by atoms with Crippen molar-refractivity contribution in [2.24, 2.45) is 0 Å². The van der Waals surface area contributed by atoms with E-state index in [-0.39, 0.29) is 5.75 Å². The molecule has 0 aliphatic carbocycles. The molecule has 0 bridgehead atoms. The van der Waals surface area contributed by atoms with Crippen molar-refractivity contribution in [1.82, 2.24) is 0 Å². The fourth-order valence-electron chi connectivity index (χ4n) is 1.79. The van der Waals surface area contributed by atoms with E-state index in [9.17, 15) is 5.11 Å². The number of hydrogen-bond acceptors (Lipinski definition) is 2. The third-order valence-electron chi connectivity index (χ3n) is 2.67. The van der Waals surface area contributed by atoms with Crippen molar-refractivity contribution < 1.29 is 9.84 Å². The van der Waals surface area contributed by atoms with E-state index in [4.69, 9.17) is 4.74 Å². The van der Waals surface area contributed by atoms with Crippen molar-refractivity contribution in [3.8, 4) is 22.6 Å². The van der Waals surface area contributed by atoms with Crippen LogP contribution >= 0.6 is 0 Å². The minimum Gasteiger partial charge on any atom is -0.508 e. The highest BCUT2D eigenvalue weighted by Crippen LogP contribution is 2.36. The predicted molar refractivity (Wildman–Crippen MR) is 64.8 cm³/mol. The normalized spacial score (nSPS) is 10.1. The van der Waals surface area contributed by atoms with Crippen LogP contribution in [-0.4, -0.2) is 12.2 Å². The number of aromatic hydroxyl groups is 1. The molecule has 0 aliphatic rings. The number of hydrogen-bond donors (Lipinski definition) is 1. The topological polar surface area (TPSA) is 29.5 Å². The monoisotopic (exact) mass is 214 g/mol. The van der Waals surface area contributed by atoms with Crippen LogP contribution in [0.5, 0.6) is 11.5 Å². The van der Waals surface area contributed by atoms with Gasteiger partial charge < -0.3 is 9.84 Å². The van der Waals surface area contributed by atoms with Gasteiger partial charge in [0.15, 0.2) is 0 Å². The Hall–Kier alpha value is -1.96. The van der Waals surface area contributed by atoms with Gasteiger partial charge in [-0.05, 0) is 24.6 Å². The average Bonchev–Trinajstić information content (AvgIpc) is 2.33. The largest absolute Gasteiger partial charge is 0.508 e. The Labute approximate surface area is 95.1 Å². The van der Waals surface area contributed by atoms with E-state index in [0.717, 1.165) is 22.4 Å². The van der Waals surface area contributed by atoms with E-state index in [1.54, 1.807) is 13.2 Å². The van der Waals surface area contributed by atoms with E-state index < -0.39 is 0 Å². The maximum absolute atomic E-state index is 9.62.